The lowest BCUT2D eigenvalue weighted by Crippen LogP contribution is -2.56. The molecule has 1 aliphatic carbocycles. The summed E-state index contributed by atoms with van der Waals surface area (Å²) in [6.45, 7) is 5.87. The van der Waals surface area contributed by atoms with E-state index in [1.807, 2.05) is 20.8 Å². The van der Waals surface area contributed by atoms with Crippen molar-refractivity contribution in [3.8, 4) is 0 Å². The first-order chi connectivity index (χ1) is 7.36. The van der Waals surface area contributed by atoms with E-state index in [9.17, 15) is 9.59 Å². The van der Waals surface area contributed by atoms with Crippen molar-refractivity contribution in [1.29, 1.82) is 0 Å². The molecule has 0 bridgehead atoms. The molecule has 2 N–H and O–H groups in total. The van der Waals surface area contributed by atoms with Crippen molar-refractivity contribution in [3.63, 3.8) is 0 Å². The average molecular weight is 227 g/mol. The van der Waals surface area contributed by atoms with Crippen LogP contribution in [0.2, 0.25) is 0 Å². The van der Waals surface area contributed by atoms with Crippen LogP contribution in [0.3, 0.4) is 0 Å². The third-order valence-corrected chi connectivity index (χ3v) is 3.60. The second-order valence-corrected chi connectivity index (χ2v) is 5.23. The zero-order valence-electron chi connectivity index (χ0n) is 10.2. The molecule has 1 rings (SSSR count). The summed E-state index contributed by atoms with van der Waals surface area (Å²) in [7, 11) is 0. The minimum atomic E-state index is -0.836. The lowest BCUT2D eigenvalue weighted by Gasteiger charge is -2.42. The number of carbonyl (C=O) groups is 2. The highest BCUT2D eigenvalue weighted by Gasteiger charge is 2.41. The maximum atomic E-state index is 11.9. The summed E-state index contributed by atoms with van der Waals surface area (Å²) in [6, 6.07) is 0. The summed E-state index contributed by atoms with van der Waals surface area (Å²) in [5.41, 5.74) is -0.466. The first-order valence-corrected chi connectivity index (χ1v) is 5.90. The average Bonchev–Trinajstić information content (AvgIpc) is 2.11. The number of carboxylic acid groups (broad SMARTS) is 1. The predicted octanol–water partition coefficient (Wildman–Crippen LogP) is 1.79. The molecule has 1 unspecified atom stereocenters. The van der Waals surface area contributed by atoms with Crippen LogP contribution >= 0.6 is 0 Å². The third kappa shape index (κ3) is 2.97. The molecular weight excluding hydrogens is 206 g/mol. The molecule has 0 heterocycles. The van der Waals surface area contributed by atoms with E-state index in [0.29, 0.717) is 0 Å². The summed E-state index contributed by atoms with van der Waals surface area (Å²) < 4.78 is 0. The highest BCUT2D eigenvalue weighted by Crippen LogP contribution is 2.35. The molecule has 0 saturated heterocycles. The number of carbonyl (C=O) groups excluding carboxylic acids is 1. The normalized spacial score (nSPS) is 20.0. The van der Waals surface area contributed by atoms with Gasteiger partial charge in [0, 0.05) is 5.92 Å². The summed E-state index contributed by atoms with van der Waals surface area (Å²) in [5.74, 6) is -0.638. The zero-order valence-corrected chi connectivity index (χ0v) is 10.2. The van der Waals surface area contributed by atoms with E-state index >= 15 is 0 Å². The van der Waals surface area contributed by atoms with Gasteiger partial charge in [-0.2, -0.15) is 0 Å². The molecule has 1 aliphatic rings. The molecule has 0 radical (unpaired) electrons. The Bertz CT molecular complexity index is 282. The quantitative estimate of drug-likeness (QED) is 0.752. The van der Waals surface area contributed by atoms with Gasteiger partial charge in [0.1, 0.15) is 0 Å². The molecule has 1 atom stereocenters. The predicted molar refractivity (Wildman–Crippen MR) is 61.0 cm³/mol. The Hall–Kier alpha value is -1.06. The van der Waals surface area contributed by atoms with Crippen LogP contribution in [0.1, 0.15) is 46.5 Å². The number of aliphatic carboxylic acids is 1. The Morgan fingerprint density at radius 3 is 2.19 bits per heavy atom. The molecule has 16 heavy (non-hydrogen) atoms. The minimum Gasteiger partial charge on any atom is -0.481 e. The second kappa shape index (κ2) is 4.85. The van der Waals surface area contributed by atoms with Gasteiger partial charge in [-0.3, -0.25) is 9.59 Å². The van der Waals surface area contributed by atoms with Gasteiger partial charge in [0.05, 0.1) is 12.0 Å². The molecule has 4 nitrogen and oxygen atoms in total. The monoisotopic (exact) mass is 227 g/mol. The van der Waals surface area contributed by atoms with Gasteiger partial charge >= 0.3 is 5.97 Å². The van der Waals surface area contributed by atoms with Crippen LogP contribution in [0.4, 0.5) is 0 Å². The van der Waals surface area contributed by atoms with Crippen molar-refractivity contribution >= 4 is 11.9 Å². The number of rotatable bonds is 5. The SMILES string of the molecule is CC(C)C(C)C(=O)NC1(CC(=O)O)CCC1. The van der Waals surface area contributed by atoms with Gasteiger partial charge in [-0.15, -0.1) is 0 Å². The second-order valence-electron chi connectivity index (χ2n) is 5.23. The number of amides is 1. The Balaban J connectivity index is 2.56. The standard InChI is InChI=1S/C12H21NO3/c1-8(2)9(3)11(16)13-12(5-4-6-12)7-10(14)15/h8-9H,4-7H2,1-3H3,(H,13,16)(H,14,15). The van der Waals surface area contributed by atoms with Crippen molar-refractivity contribution in [2.75, 3.05) is 0 Å². The first-order valence-electron chi connectivity index (χ1n) is 5.90. The van der Waals surface area contributed by atoms with E-state index in [1.165, 1.54) is 0 Å². The number of hydrogen-bond donors (Lipinski definition) is 2. The third-order valence-electron chi connectivity index (χ3n) is 3.60. The van der Waals surface area contributed by atoms with E-state index in [4.69, 9.17) is 5.11 Å². The van der Waals surface area contributed by atoms with Gasteiger partial charge in [0.15, 0.2) is 0 Å². The lowest BCUT2D eigenvalue weighted by molar-refractivity contribution is -0.141. The van der Waals surface area contributed by atoms with Gasteiger partial charge in [0.25, 0.3) is 0 Å². The molecule has 0 aromatic rings. The van der Waals surface area contributed by atoms with Crippen LogP contribution in [0.15, 0.2) is 0 Å². The maximum absolute atomic E-state index is 11.9. The van der Waals surface area contributed by atoms with Crippen LogP contribution in [0.25, 0.3) is 0 Å². The van der Waals surface area contributed by atoms with E-state index in [2.05, 4.69) is 5.32 Å². The van der Waals surface area contributed by atoms with Crippen LogP contribution in [-0.2, 0) is 9.59 Å². The van der Waals surface area contributed by atoms with Gasteiger partial charge in [-0.1, -0.05) is 20.8 Å². The van der Waals surface area contributed by atoms with E-state index < -0.39 is 11.5 Å². The highest BCUT2D eigenvalue weighted by molar-refractivity contribution is 5.80. The van der Waals surface area contributed by atoms with Crippen LogP contribution in [0.5, 0.6) is 0 Å². The van der Waals surface area contributed by atoms with Crippen molar-refractivity contribution in [3.05, 3.63) is 0 Å². The topological polar surface area (TPSA) is 66.4 Å². The van der Waals surface area contributed by atoms with E-state index in [1.54, 1.807) is 0 Å². The van der Waals surface area contributed by atoms with Crippen LogP contribution < -0.4 is 5.32 Å². The minimum absolute atomic E-state index is 0.0176. The fourth-order valence-corrected chi connectivity index (χ4v) is 1.92. The highest BCUT2D eigenvalue weighted by atomic mass is 16.4. The first kappa shape index (κ1) is 13.0. The van der Waals surface area contributed by atoms with E-state index in [0.717, 1.165) is 19.3 Å². The number of hydrogen-bond acceptors (Lipinski definition) is 2. The van der Waals surface area contributed by atoms with E-state index in [-0.39, 0.29) is 24.2 Å². The van der Waals surface area contributed by atoms with Crippen molar-refractivity contribution < 1.29 is 14.7 Å². The smallest absolute Gasteiger partial charge is 0.305 e. The molecule has 0 aliphatic heterocycles. The van der Waals surface area contributed by atoms with Crippen molar-refractivity contribution in [2.45, 2.75) is 52.0 Å². The van der Waals surface area contributed by atoms with Gasteiger partial charge in [-0.25, -0.2) is 0 Å². The zero-order chi connectivity index (χ0) is 12.3. The van der Waals surface area contributed by atoms with Gasteiger partial charge < -0.3 is 10.4 Å². The van der Waals surface area contributed by atoms with Crippen LogP contribution in [0, 0.1) is 11.8 Å². The molecule has 4 heteroatoms. The number of carboxylic acids is 1. The molecule has 1 saturated carbocycles. The maximum Gasteiger partial charge on any atom is 0.305 e. The number of nitrogens with one attached hydrogen (secondary N) is 1. The molecule has 0 aromatic heterocycles. The Labute approximate surface area is 96.4 Å². The molecular formula is C12H21NO3. The molecule has 0 spiro atoms. The summed E-state index contributed by atoms with van der Waals surface area (Å²) >= 11 is 0. The van der Waals surface area contributed by atoms with Crippen molar-refractivity contribution in [2.24, 2.45) is 11.8 Å². The molecule has 92 valence electrons. The molecule has 1 amide bonds. The summed E-state index contributed by atoms with van der Waals surface area (Å²) in [6.07, 6.45) is 2.62. The fraction of sp³-hybridized carbons (Fsp3) is 0.833. The Morgan fingerprint density at radius 1 is 1.31 bits per heavy atom. The fourth-order valence-electron chi connectivity index (χ4n) is 1.92. The van der Waals surface area contributed by atoms with Gasteiger partial charge in [-0.05, 0) is 25.2 Å². The molecule has 1 fully saturated rings. The largest absolute Gasteiger partial charge is 0.481 e. The van der Waals surface area contributed by atoms with Crippen molar-refractivity contribution in [1.82, 2.24) is 5.32 Å². The summed E-state index contributed by atoms with van der Waals surface area (Å²) in [5, 5.41) is 11.7. The molecule has 0 aromatic carbocycles. The van der Waals surface area contributed by atoms with Gasteiger partial charge in [0.2, 0.25) is 5.91 Å². The van der Waals surface area contributed by atoms with Crippen LogP contribution in [-0.4, -0.2) is 22.5 Å². The Kier molecular flexibility index (Phi) is 3.94. The summed E-state index contributed by atoms with van der Waals surface area (Å²) in [4.78, 5) is 22.6. The lowest BCUT2D eigenvalue weighted by atomic mass is 9.74. The Morgan fingerprint density at radius 2 is 1.88 bits per heavy atom.